The van der Waals surface area contributed by atoms with E-state index in [1.165, 1.54) is 6.20 Å². The Kier molecular flexibility index (Phi) is 3.26. The first-order chi connectivity index (χ1) is 8.87. The molecule has 0 radical (unpaired) electrons. The molecule has 1 heterocycles. The van der Waals surface area contributed by atoms with E-state index in [1.807, 2.05) is 0 Å². The van der Waals surface area contributed by atoms with Gasteiger partial charge in [-0.25, -0.2) is 0 Å². The molecule has 1 aromatic heterocycles. The van der Waals surface area contributed by atoms with Crippen molar-refractivity contribution in [2.75, 3.05) is 0 Å². The fourth-order valence-electron chi connectivity index (χ4n) is 2.61. The van der Waals surface area contributed by atoms with Gasteiger partial charge in [-0.3, -0.25) is 19.9 Å². The van der Waals surface area contributed by atoms with Gasteiger partial charge in [0.05, 0.1) is 16.0 Å². The van der Waals surface area contributed by atoms with E-state index in [0.29, 0.717) is 29.7 Å². The van der Waals surface area contributed by atoms with Gasteiger partial charge in [0.1, 0.15) is 0 Å². The van der Waals surface area contributed by atoms with Crippen molar-refractivity contribution < 1.29 is 14.8 Å². The van der Waals surface area contributed by atoms with Crippen LogP contribution in [0.4, 0.5) is 5.69 Å². The van der Waals surface area contributed by atoms with E-state index in [0.717, 1.165) is 6.42 Å². The molecule has 0 unspecified atom stereocenters. The molecule has 0 amide bonds. The molecule has 6 heteroatoms. The summed E-state index contributed by atoms with van der Waals surface area (Å²) >= 11 is 0. The quantitative estimate of drug-likeness (QED) is 0.665. The highest BCUT2D eigenvalue weighted by molar-refractivity contribution is 5.76. The van der Waals surface area contributed by atoms with Gasteiger partial charge in [-0.1, -0.05) is 6.42 Å². The summed E-state index contributed by atoms with van der Waals surface area (Å²) in [4.78, 5) is 26.2. The first-order valence-corrected chi connectivity index (χ1v) is 6.20. The van der Waals surface area contributed by atoms with Crippen LogP contribution >= 0.6 is 0 Å². The minimum absolute atomic E-state index is 0.0462. The van der Waals surface area contributed by atoms with E-state index in [4.69, 9.17) is 0 Å². The van der Waals surface area contributed by atoms with E-state index < -0.39 is 16.3 Å². The van der Waals surface area contributed by atoms with Crippen LogP contribution in [0.25, 0.3) is 0 Å². The smallest absolute Gasteiger partial charge is 0.310 e. The maximum atomic E-state index is 11.3. The highest BCUT2D eigenvalue weighted by Crippen LogP contribution is 2.44. The molecule has 0 bridgehead atoms. The highest BCUT2D eigenvalue weighted by Gasteiger charge is 2.45. The summed E-state index contributed by atoms with van der Waals surface area (Å²) in [6.45, 7) is 3.28. The lowest BCUT2D eigenvalue weighted by Crippen LogP contribution is -2.40. The Bertz CT molecular complexity index is 550. The Morgan fingerprint density at radius 3 is 2.58 bits per heavy atom. The minimum atomic E-state index is -0.830. The van der Waals surface area contributed by atoms with E-state index in [9.17, 15) is 20.0 Å². The summed E-state index contributed by atoms with van der Waals surface area (Å²) in [5.41, 5.74) is 0.784. The van der Waals surface area contributed by atoms with Gasteiger partial charge in [0.15, 0.2) is 0 Å². The molecule has 1 N–H and O–H groups in total. The van der Waals surface area contributed by atoms with Crippen LogP contribution in [0.5, 0.6) is 0 Å². The number of carboxylic acids is 1. The summed E-state index contributed by atoms with van der Waals surface area (Å²) in [7, 11) is 0. The summed E-state index contributed by atoms with van der Waals surface area (Å²) in [5.74, 6) is -0.830. The van der Waals surface area contributed by atoms with Gasteiger partial charge in [-0.2, -0.15) is 0 Å². The third kappa shape index (κ3) is 2.18. The number of aryl methyl sites for hydroxylation is 1. The second-order valence-corrected chi connectivity index (χ2v) is 5.23. The Hall–Kier alpha value is -1.98. The topological polar surface area (TPSA) is 93.3 Å². The lowest BCUT2D eigenvalue weighted by atomic mass is 9.66. The summed E-state index contributed by atoms with van der Waals surface area (Å²) in [5, 5.41) is 20.3. The zero-order chi connectivity index (χ0) is 14.2. The van der Waals surface area contributed by atoms with Crippen LogP contribution in [0.1, 0.15) is 36.1 Å². The largest absolute Gasteiger partial charge is 0.481 e. The number of aromatic nitrogens is 1. The fraction of sp³-hybridized carbons (Fsp3) is 0.538. The lowest BCUT2D eigenvalue weighted by Gasteiger charge is -2.37. The molecule has 2 rings (SSSR count). The molecule has 1 aliphatic carbocycles. The van der Waals surface area contributed by atoms with Crippen molar-refractivity contribution in [1.82, 2.24) is 4.98 Å². The van der Waals surface area contributed by atoms with E-state index >= 15 is 0 Å². The molecule has 1 fully saturated rings. The fourth-order valence-corrected chi connectivity index (χ4v) is 2.61. The van der Waals surface area contributed by atoms with E-state index in [-0.39, 0.29) is 12.1 Å². The number of carboxylic acid groups (broad SMARTS) is 1. The first-order valence-electron chi connectivity index (χ1n) is 6.20. The van der Waals surface area contributed by atoms with Crippen molar-refractivity contribution in [1.29, 1.82) is 0 Å². The summed E-state index contributed by atoms with van der Waals surface area (Å²) < 4.78 is 0. The predicted octanol–water partition coefficient (Wildman–Crippen LogP) is 2.40. The van der Waals surface area contributed by atoms with Gasteiger partial charge >= 0.3 is 5.97 Å². The van der Waals surface area contributed by atoms with Gasteiger partial charge < -0.3 is 5.11 Å². The second-order valence-electron chi connectivity index (χ2n) is 5.23. The maximum absolute atomic E-state index is 11.3. The van der Waals surface area contributed by atoms with Crippen LogP contribution in [-0.2, 0) is 11.2 Å². The van der Waals surface area contributed by atoms with Crippen molar-refractivity contribution in [3.05, 3.63) is 33.1 Å². The average molecular weight is 264 g/mol. The summed E-state index contributed by atoms with van der Waals surface area (Å²) in [6, 6.07) is 0. The molecule has 0 aromatic carbocycles. The van der Waals surface area contributed by atoms with Crippen molar-refractivity contribution in [2.24, 2.45) is 5.41 Å². The Morgan fingerprint density at radius 1 is 1.53 bits per heavy atom. The number of aliphatic carboxylic acids is 1. The number of pyridine rings is 1. The zero-order valence-corrected chi connectivity index (χ0v) is 11.0. The summed E-state index contributed by atoms with van der Waals surface area (Å²) in [6.07, 6.45) is 3.85. The van der Waals surface area contributed by atoms with Gasteiger partial charge in [0.25, 0.3) is 5.69 Å². The van der Waals surface area contributed by atoms with Gasteiger partial charge in [-0.15, -0.1) is 0 Å². The Labute approximate surface area is 110 Å². The number of hydrogen-bond acceptors (Lipinski definition) is 4. The molecule has 1 aliphatic rings. The normalized spacial score (nSPS) is 16.7. The van der Waals surface area contributed by atoms with Crippen LogP contribution in [0.15, 0.2) is 6.20 Å². The average Bonchev–Trinajstić information content (AvgIpc) is 2.24. The molecule has 1 aromatic rings. The predicted molar refractivity (Wildman–Crippen MR) is 68.0 cm³/mol. The number of nitrogens with zero attached hydrogens (tertiary/aromatic N) is 2. The number of rotatable bonds is 4. The SMILES string of the molecule is Cc1cnc(CC2(C(=O)O)CCC2)c(C)c1[N+](=O)[O-]. The van der Waals surface area contributed by atoms with Crippen molar-refractivity contribution in [2.45, 2.75) is 39.5 Å². The number of hydrogen-bond donors (Lipinski definition) is 1. The van der Waals surface area contributed by atoms with Crippen LogP contribution < -0.4 is 0 Å². The number of nitro groups is 1. The van der Waals surface area contributed by atoms with E-state index in [1.54, 1.807) is 13.8 Å². The lowest BCUT2D eigenvalue weighted by molar-refractivity contribution is -0.386. The molecule has 0 aliphatic heterocycles. The van der Waals surface area contributed by atoms with Crippen molar-refractivity contribution in [3.63, 3.8) is 0 Å². The molecule has 0 saturated heterocycles. The van der Waals surface area contributed by atoms with Crippen molar-refractivity contribution >= 4 is 11.7 Å². The molecular weight excluding hydrogens is 248 g/mol. The van der Waals surface area contributed by atoms with Gasteiger partial charge in [0, 0.05) is 23.7 Å². The molecule has 0 atom stereocenters. The van der Waals surface area contributed by atoms with Crippen LogP contribution in [0, 0.1) is 29.4 Å². The van der Waals surface area contributed by atoms with Gasteiger partial charge in [0.2, 0.25) is 0 Å². The minimum Gasteiger partial charge on any atom is -0.481 e. The van der Waals surface area contributed by atoms with Crippen LogP contribution in [0.2, 0.25) is 0 Å². The Balaban J connectivity index is 2.39. The monoisotopic (exact) mass is 264 g/mol. The third-order valence-electron chi connectivity index (χ3n) is 4.03. The molecule has 19 heavy (non-hydrogen) atoms. The standard InChI is InChI=1S/C13H16N2O4/c1-8-7-14-10(9(2)11(8)15(18)19)6-13(12(16)17)4-3-5-13/h7H,3-6H2,1-2H3,(H,16,17). The van der Waals surface area contributed by atoms with Crippen molar-refractivity contribution in [3.8, 4) is 0 Å². The van der Waals surface area contributed by atoms with Crippen LogP contribution in [0.3, 0.4) is 0 Å². The highest BCUT2D eigenvalue weighted by atomic mass is 16.6. The molecular formula is C13H16N2O4. The second kappa shape index (κ2) is 4.60. The molecule has 1 saturated carbocycles. The van der Waals surface area contributed by atoms with Crippen LogP contribution in [-0.4, -0.2) is 21.0 Å². The van der Waals surface area contributed by atoms with Gasteiger partial charge in [-0.05, 0) is 26.7 Å². The first kappa shape index (κ1) is 13.5. The maximum Gasteiger partial charge on any atom is 0.310 e. The molecule has 0 spiro atoms. The number of carbonyl (C=O) groups is 1. The molecule has 6 nitrogen and oxygen atoms in total. The Morgan fingerprint density at radius 2 is 2.16 bits per heavy atom. The third-order valence-corrected chi connectivity index (χ3v) is 4.03. The van der Waals surface area contributed by atoms with E-state index in [2.05, 4.69) is 4.98 Å². The molecule has 102 valence electrons. The zero-order valence-electron chi connectivity index (χ0n) is 11.0.